The normalized spacial score (nSPS) is 24.6. The fraction of sp³-hybridized carbons (Fsp3) is 0.333. The molecule has 1 aromatic heterocycles. The Morgan fingerprint density at radius 1 is 1.41 bits per heavy atom. The van der Waals surface area contributed by atoms with Gasteiger partial charge in [0.15, 0.2) is 16.3 Å². The molecule has 180 valence electrons. The van der Waals surface area contributed by atoms with Gasteiger partial charge in [-0.3, -0.25) is 19.5 Å². The monoisotopic (exact) mass is 524 g/mol. The van der Waals surface area contributed by atoms with Crippen LogP contribution in [0.25, 0.3) is 0 Å². The molecule has 1 aromatic rings. The number of nitrogens with two attached hydrogens (primary N) is 1. The molecule has 3 aliphatic heterocycles. The van der Waals surface area contributed by atoms with Crippen molar-refractivity contribution >= 4 is 69.8 Å². The Hall–Kier alpha value is -3.24. The molecule has 0 bridgehead atoms. The van der Waals surface area contributed by atoms with Crippen LogP contribution in [0.1, 0.15) is 5.69 Å². The van der Waals surface area contributed by atoms with Crippen molar-refractivity contribution < 1.29 is 24.7 Å². The van der Waals surface area contributed by atoms with Crippen molar-refractivity contribution in [2.45, 2.75) is 16.9 Å². The fourth-order valence-electron chi connectivity index (χ4n) is 3.51. The number of β-lactam (4-membered cyclic amide) rings is 1. The maximum absolute atomic E-state index is 12.8. The van der Waals surface area contributed by atoms with Gasteiger partial charge in [-0.2, -0.15) is 5.10 Å². The summed E-state index contributed by atoms with van der Waals surface area (Å²) in [5, 5.41) is 33.3. The van der Waals surface area contributed by atoms with Crippen LogP contribution in [0.2, 0.25) is 0 Å². The SMILES string of the molecule is CN1C=NN(C)C1SC=CC1=C(C(=O)O)N2C(=O)C(NC(=O)C(=NO)c3csc(N)n3)[C@@H]2SC1. The van der Waals surface area contributed by atoms with E-state index in [2.05, 4.69) is 20.6 Å². The number of hydrazone groups is 1. The molecule has 0 spiro atoms. The number of nitrogens with zero attached hydrogens (tertiary/aromatic N) is 6. The van der Waals surface area contributed by atoms with Gasteiger partial charge in [0.25, 0.3) is 11.8 Å². The lowest BCUT2D eigenvalue weighted by Gasteiger charge is -2.49. The van der Waals surface area contributed by atoms with Gasteiger partial charge in [-0.1, -0.05) is 16.9 Å². The zero-order chi connectivity index (χ0) is 24.6. The van der Waals surface area contributed by atoms with Crippen LogP contribution in [-0.2, 0) is 14.4 Å². The number of carboxylic acids is 1. The van der Waals surface area contributed by atoms with Crippen LogP contribution in [-0.4, -0.2) is 96.7 Å². The van der Waals surface area contributed by atoms with Crippen molar-refractivity contribution in [1.82, 2.24) is 25.1 Å². The van der Waals surface area contributed by atoms with Crippen LogP contribution in [0.4, 0.5) is 5.13 Å². The molecule has 0 aromatic carbocycles. The number of fused-ring (bicyclic) bond motifs is 1. The maximum atomic E-state index is 12.8. The van der Waals surface area contributed by atoms with Crippen LogP contribution in [0.5, 0.6) is 0 Å². The van der Waals surface area contributed by atoms with E-state index in [0.717, 1.165) is 11.3 Å². The topological polar surface area (TPSA) is 177 Å². The second kappa shape index (κ2) is 9.55. The summed E-state index contributed by atoms with van der Waals surface area (Å²) < 4.78 is 0. The average molecular weight is 525 g/mol. The van der Waals surface area contributed by atoms with E-state index in [1.165, 1.54) is 33.8 Å². The molecule has 3 aliphatic rings. The van der Waals surface area contributed by atoms with Crippen molar-refractivity contribution in [3.63, 3.8) is 0 Å². The van der Waals surface area contributed by atoms with E-state index in [1.54, 1.807) is 22.8 Å². The molecule has 13 nitrogen and oxygen atoms in total. The molecule has 2 unspecified atom stereocenters. The molecule has 0 radical (unpaired) electrons. The summed E-state index contributed by atoms with van der Waals surface area (Å²) in [7, 11) is 3.71. The van der Waals surface area contributed by atoms with Crippen LogP contribution < -0.4 is 11.1 Å². The number of rotatable bonds is 7. The summed E-state index contributed by atoms with van der Waals surface area (Å²) in [5.41, 5.74) is 5.54. The number of aliphatic carboxylic acids is 1. The molecule has 5 N–H and O–H groups in total. The quantitative estimate of drug-likeness (QED) is 0.163. The Labute approximate surface area is 206 Å². The number of allylic oxidation sites excluding steroid dienone is 1. The predicted octanol–water partition coefficient (Wildman–Crippen LogP) is -0.00680. The van der Waals surface area contributed by atoms with Gasteiger partial charge in [-0.05, 0) is 17.1 Å². The van der Waals surface area contributed by atoms with Gasteiger partial charge in [-0.25, -0.2) is 9.78 Å². The van der Waals surface area contributed by atoms with Gasteiger partial charge in [-0.15, -0.1) is 23.1 Å². The predicted molar refractivity (Wildman–Crippen MR) is 129 cm³/mol. The number of amides is 2. The number of carboxylic acid groups (broad SMARTS) is 1. The molecule has 4 heterocycles. The highest BCUT2D eigenvalue weighted by atomic mass is 32.2. The minimum atomic E-state index is -1.23. The first kappa shape index (κ1) is 23.9. The Balaban J connectivity index is 1.46. The highest BCUT2D eigenvalue weighted by Crippen LogP contribution is 2.41. The molecule has 4 rings (SSSR count). The second-order valence-corrected chi connectivity index (χ2v) is 10.3. The Kier molecular flexibility index (Phi) is 6.72. The zero-order valence-corrected chi connectivity index (χ0v) is 20.3. The molecule has 0 saturated carbocycles. The van der Waals surface area contributed by atoms with E-state index in [9.17, 15) is 24.7 Å². The average Bonchev–Trinajstić information content (AvgIpc) is 3.37. The lowest BCUT2D eigenvalue weighted by atomic mass is 10.0. The number of hydrogen-bond acceptors (Lipinski definition) is 13. The number of hydrogen-bond donors (Lipinski definition) is 4. The second-order valence-electron chi connectivity index (χ2n) is 7.29. The number of carbonyl (C=O) groups is 3. The summed E-state index contributed by atoms with van der Waals surface area (Å²) in [6, 6.07) is -0.975. The fourth-order valence-corrected chi connectivity index (χ4v) is 6.23. The minimum Gasteiger partial charge on any atom is -0.477 e. The summed E-state index contributed by atoms with van der Waals surface area (Å²) >= 11 is 3.83. The summed E-state index contributed by atoms with van der Waals surface area (Å²) in [4.78, 5) is 44.4. The number of nitrogens with one attached hydrogen (secondary N) is 1. The minimum absolute atomic E-state index is 0.0604. The molecular formula is C18H20N8O5S3. The standard InChI is InChI=1S/C18H20N8O5S3/c1-24-7-20-25(2)18(24)32-4-3-8-5-33-15-11(14(28)26(15)12(8)16(29)30)22-13(27)10(23-31)9-6-34-17(19)21-9/h3-4,6-7,11,15,18,31H,5H2,1-2H3,(H2,19,21)(H,22,27)(H,29,30)/t11?,15-,18?/m0/s1. The summed E-state index contributed by atoms with van der Waals surface area (Å²) in [6.07, 6.45) is 3.37. The molecule has 1 saturated heterocycles. The maximum Gasteiger partial charge on any atom is 0.352 e. The number of nitrogen functional groups attached to an aromatic ring is 1. The lowest BCUT2D eigenvalue weighted by molar-refractivity contribution is -0.150. The first-order valence-electron chi connectivity index (χ1n) is 9.69. The van der Waals surface area contributed by atoms with Crippen molar-refractivity contribution in [3.05, 3.63) is 33.8 Å². The highest BCUT2D eigenvalue weighted by Gasteiger charge is 2.54. The Morgan fingerprint density at radius 3 is 2.76 bits per heavy atom. The van der Waals surface area contributed by atoms with E-state index in [0.29, 0.717) is 11.3 Å². The molecule has 16 heteroatoms. The molecule has 34 heavy (non-hydrogen) atoms. The third-order valence-corrected chi connectivity index (χ3v) is 8.27. The third kappa shape index (κ3) is 4.30. The molecule has 3 atom stereocenters. The van der Waals surface area contributed by atoms with Gasteiger partial charge < -0.3 is 26.3 Å². The van der Waals surface area contributed by atoms with Gasteiger partial charge in [0.05, 0.1) is 0 Å². The highest BCUT2D eigenvalue weighted by molar-refractivity contribution is 8.02. The van der Waals surface area contributed by atoms with Gasteiger partial charge in [0.1, 0.15) is 29.1 Å². The molecular weight excluding hydrogens is 504 g/mol. The van der Waals surface area contributed by atoms with Gasteiger partial charge in [0.2, 0.25) is 0 Å². The van der Waals surface area contributed by atoms with Crippen LogP contribution >= 0.6 is 34.9 Å². The summed E-state index contributed by atoms with van der Waals surface area (Å²) in [6.45, 7) is 0. The smallest absolute Gasteiger partial charge is 0.352 e. The van der Waals surface area contributed by atoms with E-state index in [4.69, 9.17) is 5.73 Å². The molecule has 1 fully saturated rings. The van der Waals surface area contributed by atoms with E-state index in [-0.39, 0.29) is 27.7 Å². The Morgan fingerprint density at radius 2 is 2.18 bits per heavy atom. The van der Waals surface area contributed by atoms with E-state index in [1.807, 2.05) is 19.0 Å². The molecule has 0 aliphatic carbocycles. The number of thiazole rings is 1. The number of thioether (sulfide) groups is 2. The van der Waals surface area contributed by atoms with Crippen molar-refractivity contribution in [2.75, 3.05) is 25.6 Å². The number of oxime groups is 1. The van der Waals surface area contributed by atoms with E-state index < -0.39 is 29.2 Å². The number of anilines is 1. The first-order valence-corrected chi connectivity index (χ1v) is 12.6. The zero-order valence-electron chi connectivity index (χ0n) is 17.9. The van der Waals surface area contributed by atoms with Crippen molar-refractivity contribution in [2.24, 2.45) is 10.3 Å². The van der Waals surface area contributed by atoms with Gasteiger partial charge in [0, 0.05) is 25.2 Å². The number of carbonyl (C=O) groups excluding carboxylic acids is 2. The Bertz CT molecular complexity index is 1140. The van der Waals surface area contributed by atoms with Gasteiger partial charge >= 0.3 is 5.97 Å². The first-order chi connectivity index (χ1) is 16.2. The van der Waals surface area contributed by atoms with Crippen LogP contribution in [0, 0.1) is 0 Å². The number of aromatic nitrogens is 1. The molecule has 2 amide bonds. The summed E-state index contributed by atoms with van der Waals surface area (Å²) in [5.74, 6) is -2.29. The largest absolute Gasteiger partial charge is 0.477 e. The van der Waals surface area contributed by atoms with Crippen LogP contribution in [0.15, 0.2) is 38.4 Å². The van der Waals surface area contributed by atoms with Crippen molar-refractivity contribution in [1.29, 1.82) is 0 Å². The van der Waals surface area contributed by atoms with E-state index >= 15 is 0 Å². The lowest BCUT2D eigenvalue weighted by Crippen LogP contribution is -2.71. The third-order valence-electron chi connectivity index (χ3n) is 5.12. The van der Waals surface area contributed by atoms with Crippen LogP contribution in [0.3, 0.4) is 0 Å². The van der Waals surface area contributed by atoms with Crippen molar-refractivity contribution in [3.8, 4) is 0 Å².